The lowest BCUT2D eigenvalue weighted by Gasteiger charge is -2.18. The van der Waals surface area contributed by atoms with E-state index in [0.717, 1.165) is 11.4 Å². The van der Waals surface area contributed by atoms with E-state index in [2.05, 4.69) is 62.7 Å². The average Bonchev–Trinajstić information content (AvgIpc) is 2.90. The monoisotopic (exact) mass is 288 g/mol. The normalized spacial score (nSPS) is 13.4. The molecule has 1 atom stereocenters. The molecule has 2 nitrogen and oxygen atoms in total. The fraction of sp³-hybridized carbons (Fsp3) is 0.471. The molecule has 0 aliphatic heterocycles. The topological polar surface area (TPSA) is 24.9 Å². The van der Waals surface area contributed by atoms with Crippen LogP contribution in [0.2, 0.25) is 0 Å². The van der Waals surface area contributed by atoms with Gasteiger partial charge in [0, 0.05) is 10.8 Å². The van der Waals surface area contributed by atoms with Gasteiger partial charge in [0.15, 0.2) is 0 Å². The molecule has 0 radical (unpaired) electrons. The molecule has 1 aromatic heterocycles. The summed E-state index contributed by atoms with van der Waals surface area (Å²) in [6.45, 7) is 8.83. The highest BCUT2D eigenvalue weighted by atomic mass is 32.1. The minimum Gasteiger partial charge on any atom is -0.307 e. The molecule has 3 heteroatoms. The Morgan fingerprint density at radius 3 is 2.50 bits per heavy atom. The van der Waals surface area contributed by atoms with Crippen molar-refractivity contribution in [2.24, 2.45) is 0 Å². The molecule has 1 unspecified atom stereocenters. The third-order valence-electron chi connectivity index (χ3n) is 3.57. The molecule has 0 bridgehead atoms. The van der Waals surface area contributed by atoms with Crippen molar-refractivity contribution < 1.29 is 0 Å². The average molecular weight is 288 g/mol. The van der Waals surface area contributed by atoms with Crippen LogP contribution in [0, 0.1) is 0 Å². The van der Waals surface area contributed by atoms with Gasteiger partial charge in [0.25, 0.3) is 0 Å². The van der Waals surface area contributed by atoms with Gasteiger partial charge in [-0.25, -0.2) is 4.98 Å². The minimum absolute atomic E-state index is 0.108. The Balaban J connectivity index is 2.40. The van der Waals surface area contributed by atoms with E-state index in [1.165, 1.54) is 16.8 Å². The smallest absolute Gasteiger partial charge is 0.114 e. The number of aromatic nitrogens is 1. The summed E-state index contributed by atoms with van der Waals surface area (Å²) in [5.74, 6) is 0. The summed E-state index contributed by atoms with van der Waals surface area (Å²) in [6.07, 6.45) is 1.05. The summed E-state index contributed by atoms with van der Waals surface area (Å²) in [6, 6.07) is 8.82. The lowest BCUT2D eigenvalue weighted by molar-refractivity contribution is 0.566. The van der Waals surface area contributed by atoms with Gasteiger partial charge in [-0.2, -0.15) is 0 Å². The molecule has 0 amide bonds. The molecule has 1 N–H and O–H groups in total. The summed E-state index contributed by atoms with van der Waals surface area (Å²) in [4.78, 5) is 4.86. The number of hydrogen-bond donors (Lipinski definition) is 1. The maximum atomic E-state index is 4.86. The van der Waals surface area contributed by atoms with Crippen LogP contribution in [0.15, 0.2) is 29.6 Å². The lowest BCUT2D eigenvalue weighted by Crippen LogP contribution is -2.20. The molecule has 0 spiro atoms. The number of nitrogens with zero attached hydrogens (tertiary/aromatic N) is 1. The Morgan fingerprint density at radius 2 is 1.95 bits per heavy atom. The maximum Gasteiger partial charge on any atom is 0.114 e. The predicted octanol–water partition coefficient (Wildman–Crippen LogP) is 4.31. The fourth-order valence-corrected chi connectivity index (χ4v) is 3.49. The van der Waals surface area contributed by atoms with E-state index in [0.29, 0.717) is 0 Å². The Kier molecular flexibility index (Phi) is 4.61. The molecular weight excluding hydrogens is 264 g/mol. The highest BCUT2D eigenvalue weighted by Gasteiger charge is 2.22. The van der Waals surface area contributed by atoms with E-state index in [-0.39, 0.29) is 11.5 Å². The first kappa shape index (κ1) is 15.2. The van der Waals surface area contributed by atoms with E-state index in [1.54, 1.807) is 11.3 Å². The second-order valence-corrected chi connectivity index (χ2v) is 6.98. The van der Waals surface area contributed by atoms with Crippen LogP contribution < -0.4 is 5.32 Å². The van der Waals surface area contributed by atoms with Gasteiger partial charge in [-0.3, -0.25) is 0 Å². The Morgan fingerprint density at radius 1 is 1.25 bits per heavy atom. The molecule has 20 heavy (non-hydrogen) atoms. The second kappa shape index (κ2) is 6.06. The van der Waals surface area contributed by atoms with Crippen LogP contribution in [0.4, 0.5) is 0 Å². The zero-order valence-corrected chi connectivity index (χ0v) is 13.8. The van der Waals surface area contributed by atoms with Crippen molar-refractivity contribution in [3.05, 3.63) is 51.5 Å². The molecule has 0 fully saturated rings. The number of rotatable bonds is 4. The van der Waals surface area contributed by atoms with Gasteiger partial charge >= 0.3 is 0 Å². The molecule has 0 aliphatic rings. The van der Waals surface area contributed by atoms with E-state index >= 15 is 0 Å². The molecule has 0 aliphatic carbocycles. The van der Waals surface area contributed by atoms with Gasteiger partial charge in [0.2, 0.25) is 0 Å². The molecule has 2 rings (SSSR count). The van der Waals surface area contributed by atoms with Gasteiger partial charge in [-0.1, -0.05) is 52.0 Å². The van der Waals surface area contributed by atoms with Crippen molar-refractivity contribution >= 4 is 11.3 Å². The zero-order chi connectivity index (χ0) is 14.8. The predicted molar refractivity (Wildman–Crippen MR) is 87.5 cm³/mol. The van der Waals surface area contributed by atoms with Gasteiger partial charge in [-0.05, 0) is 24.6 Å². The number of nitrogens with one attached hydrogen (secondary N) is 1. The van der Waals surface area contributed by atoms with Crippen LogP contribution in [0.1, 0.15) is 55.6 Å². The fourth-order valence-electron chi connectivity index (χ4n) is 2.31. The standard InChI is InChI=1S/C17H24N2S/c1-6-12-9-7-8-10-13(12)15(18-5)16-19-14(11-20-16)17(2,3)4/h7-11,15,18H,6H2,1-5H3. The van der Waals surface area contributed by atoms with Gasteiger partial charge < -0.3 is 5.32 Å². The third-order valence-corrected chi connectivity index (χ3v) is 4.48. The summed E-state index contributed by atoms with van der Waals surface area (Å²) in [5.41, 5.74) is 4.01. The van der Waals surface area contributed by atoms with Crippen molar-refractivity contribution in [1.82, 2.24) is 10.3 Å². The molecular formula is C17H24N2S. The SMILES string of the molecule is CCc1ccccc1C(NC)c1nc(C(C)(C)C)cs1. The van der Waals surface area contributed by atoms with Crippen LogP contribution >= 0.6 is 11.3 Å². The van der Waals surface area contributed by atoms with Gasteiger partial charge in [0.05, 0.1) is 11.7 Å². The highest BCUT2D eigenvalue weighted by Crippen LogP contribution is 2.31. The summed E-state index contributed by atoms with van der Waals surface area (Å²) in [5, 5.41) is 6.76. The highest BCUT2D eigenvalue weighted by molar-refractivity contribution is 7.09. The van der Waals surface area contributed by atoms with E-state index in [4.69, 9.17) is 4.98 Å². The first-order chi connectivity index (χ1) is 9.47. The van der Waals surface area contributed by atoms with Gasteiger partial charge in [-0.15, -0.1) is 11.3 Å². The van der Waals surface area contributed by atoms with E-state index in [9.17, 15) is 0 Å². The number of thiazole rings is 1. The number of hydrogen-bond acceptors (Lipinski definition) is 3. The van der Waals surface area contributed by atoms with E-state index < -0.39 is 0 Å². The largest absolute Gasteiger partial charge is 0.307 e. The Bertz CT molecular complexity index is 566. The molecule has 1 heterocycles. The van der Waals surface area contributed by atoms with E-state index in [1.807, 2.05) is 7.05 Å². The first-order valence-electron chi connectivity index (χ1n) is 7.18. The summed E-state index contributed by atoms with van der Waals surface area (Å²) in [7, 11) is 2.01. The van der Waals surface area contributed by atoms with Crippen LogP contribution in [-0.4, -0.2) is 12.0 Å². The summed E-state index contributed by atoms with van der Waals surface area (Å²) >= 11 is 1.75. The first-order valence-corrected chi connectivity index (χ1v) is 8.06. The van der Waals surface area contributed by atoms with Crippen LogP contribution in [0.5, 0.6) is 0 Å². The van der Waals surface area contributed by atoms with Crippen molar-refractivity contribution in [3.8, 4) is 0 Å². The maximum absolute atomic E-state index is 4.86. The Labute approximate surface area is 126 Å². The Hall–Kier alpha value is -1.19. The van der Waals surface area contributed by atoms with Gasteiger partial charge in [0.1, 0.15) is 5.01 Å². The lowest BCUT2D eigenvalue weighted by atomic mass is 9.93. The quantitative estimate of drug-likeness (QED) is 0.906. The molecule has 2 aromatic rings. The van der Waals surface area contributed by atoms with Crippen molar-refractivity contribution in [1.29, 1.82) is 0 Å². The molecule has 0 saturated heterocycles. The van der Waals surface area contributed by atoms with Crippen LogP contribution in [-0.2, 0) is 11.8 Å². The van der Waals surface area contributed by atoms with Crippen LogP contribution in [0.25, 0.3) is 0 Å². The minimum atomic E-state index is 0.108. The number of aryl methyl sites for hydroxylation is 1. The second-order valence-electron chi connectivity index (χ2n) is 6.10. The molecule has 0 saturated carbocycles. The van der Waals surface area contributed by atoms with Crippen molar-refractivity contribution in [3.63, 3.8) is 0 Å². The van der Waals surface area contributed by atoms with Crippen molar-refractivity contribution in [2.75, 3.05) is 7.05 Å². The number of benzene rings is 1. The summed E-state index contributed by atoms with van der Waals surface area (Å²) < 4.78 is 0. The zero-order valence-electron chi connectivity index (χ0n) is 13.0. The molecule has 1 aromatic carbocycles. The van der Waals surface area contributed by atoms with Crippen LogP contribution in [0.3, 0.4) is 0 Å². The third kappa shape index (κ3) is 3.10. The van der Waals surface area contributed by atoms with Crippen molar-refractivity contribution in [2.45, 2.75) is 45.6 Å². The molecule has 108 valence electrons.